The fourth-order valence-corrected chi connectivity index (χ4v) is 4.09. The van der Waals surface area contributed by atoms with Gasteiger partial charge in [0.05, 0.1) is 4.92 Å². The number of rotatable bonds is 5. The van der Waals surface area contributed by atoms with E-state index in [1.165, 1.54) is 11.6 Å². The summed E-state index contributed by atoms with van der Waals surface area (Å²) in [6, 6.07) is 8.91. The number of hydrogen-bond donors (Lipinski definition) is 0. The first kappa shape index (κ1) is 16.6. The van der Waals surface area contributed by atoms with Crippen LogP contribution in [0.4, 0.5) is 5.69 Å². The SMILES string of the molecule is CC1CC(c2ccsc2)CN1C(=O)CCc1cccc([N+](=O)[O-])c1. The molecule has 5 nitrogen and oxygen atoms in total. The summed E-state index contributed by atoms with van der Waals surface area (Å²) in [6.45, 7) is 2.86. The monoisotopic (exact) mass is 344 g/mol. The molecule has 0 spiro atoms. The standard InChI is InChI=1S/C18H20N2O3S/c1-13-9-16(15-7-8-24-12-15)11-19(13)18(21)6-5-14-3-2-4-17(10-14)20(22)23/h2-4,7-8,10,12-13,16H,5-6,9,11H2,1H3. The predicted molar refractivity (Wildman–Crippen MR) is 94.3 cm³/mol. The first-order valence-electron chi connectivity index (χ1n) is 8.09. The summed E-state index contributed by atoms with van der Waals surface area (Å²) < 4.78 is 0. The Labute approximate surface area is 145 Å². The van der Waals surface area contributed by atoms with Gasteiger partial charge in [-0.3, -0.25) is 14.9 Å². The van der Waals surface area contributed by atoms with Gasteiger partial charge in [-0.25, -0.2) is 0 Å². The van der Waals surface area contributed by atoms with Crippen molar-refractivity contribution in [1.82, 2.24) is 4.90 Å². The zero-order chi connectivity index (χ0) is 17.1. The van der Waals surface area contributed by atoms with E-state index in [1.807, 2.05) is 11.0 Å². The number of carbonyl (C=O) groups excluding carboxylic acids is 1. The summed E-state index contributed by atoms with van der Waals surface area (Å²) in [4.78, 5) is 24.9. The minimum atomic E-state index is -0.403. The Kier molecular flexibility index (Phi) is 4.94. The van der Waals surface area contributed by atoms with Crippen molar-refractivity contribution in [3.05, 3.63) is 62.3 Å². The van der Waals surface area contributed by atoms with Crippen LogP contribution in [0, 0.1) is 10.1 Å². The Balaban J connectivity index is 1.59. The van der Waals surface area contributed by atoms with E-state index in [1.54, 1.807) is 23.5 Å². The van der Waals surface area contributed by atoms with E-state index in [0.29, 0.717) is 18.8 Å². The molecular formula is C18H20N2O3S. The van der Waals surface area contributed by atoms with Crippen molar-refractivity contribution in [3.63, 3.8) is 0 Å². The van der Waals surface area contributed by atoms with Gasteiger partial charge in [0, 0.05) is 37.1 Å². The number of benzene rings is 1. The molecule has 1 saturated heterocycles. The van der Waals surface area contributed by atoms with Crippen LogP contribution in [0.3, 0.4) is 0 Å². The van der Waals surface area contributed by atoms with Crippen LogP contribution in [0.2, 0.25) is 0 Å². The molecule has 2 heterocycles. The van der Waals surface area contributed by atoms with Crippen molar-refractivity contribution in [1.29, 1.82) is 0 Å². The van der Waals surface area contributed by atoms with Crippen LogP contribution in [0.5, 0.6) is 0 Å². The van der Waals surface area contributed by atoms with Crippen LogP contribution >= 0.6 is 11.3 Å². The quantitative estimate of drug-likeness (QED) is 0.608. The number of nitrogens with zero attached hydrogens (tertiary/aromatic N) is 2. The molecule has 6 heteroatoms. The zero-order valence-electron chi connectivity index (χ0n) is 13.6. The van der Waals surface area contributed by atoms with E-state index in [4.69, 9.17) is 0 Å². The molecule has 2 aromatic rings. The van der Waals surface area contributed by atoms with Gasteiger partial charge in [0.2, 0.25) is 5.91 Å². The number of carbonyl (C=O) groups is 1. The highest BCUT2D eigenvalue weighted by Crippen LogP contribution is 2.33. The number of thiophene rings is 1. The number of amides is 1. The molecule has 1 amide bonds. The van der Waals surface area contributed by atoms with Crippen LogP contribution in [0.25, 0.3) is 0 Å². The Bertz CT molecular complexity index is 730. The van der Waals surface area contributed by atoms with Crippen molar-refractivity contribution in [2.75, 3.05) is 6.54 Å². The number of nitro benzene ring substituents is 1. The summed E-state index contributed by atoms with van der Waals surface area (Å²) in [5, 5.41) is 15.1. The Morgan fingerprint density at radius 3 is 2.96 bits per heavy atom. The molecule has 1 aliphatic heterocycles. The van der Waals surface area contributed by atoms with Gasteiger partial charge in [-0.05, 0) is 47.7 Å². The molecule has 0 aliphatic carbocycles. The van der Waals surface area contributed by atoms with Crippen molar-refractivity contribution in [2.45, 2.75) is 38.1 Å². The summed E-state index contributed by atoms with van der Waals surface area (Å²) in [7, 11) is 0. The first-order valence-corrected chi connectivity index (χ1v) is 9.04. The van der Waals surface area contributed by atoms with Gasteiger partial charge in [-0.15, -0.1) is 0 Å². The zero-order valence-corrected chi connectivity index (χ0v) is 14.4. The maximum Gasteiger partial charge on any atom is 0.269 e. The number of non-ortho nitro benzene ring substituents is 1. The van der Waals surface area contributed by atoms with E-state index >= 15 is 0 Å². The lowest BCUT2D eigenvalue weighted by atomic mass is 10.00. The molecule has 0 N–H and O–H groups in total. The van der Waals surface area contributed by atoms with Crippen LogP contribution in [-0.2, 0) is 11.2 Å². The Morgan fingerprint density at radius 2 is 2.25 bits per heavy atom. The third-order valence-corrected chi connectivity index (χ3v) is 5.36. The van der Waals surface area contributed by atoms with Crippen molar-refractivity contribution in [2.24, 2.45) is 0 Å². The van der Waals surface area contributed by atoms with Gasteiger partial charge in [0.1, 0.15) is 0 Å². The number of likely N-dealkylation sites (tertiary alicyclic amines) is 1. The smallest absolute Gasteiger partial charge is 0.269 e. The van der Waals surface area contributed by atoms with Gasteiger partial charge >= 0.3 is 0 Å². The van der Waals surface area contributed by atoms with Crippen LogP contribution in [-0.4, -0.2) is 28.3 Å². The number of hydrogen-bond acceptors (Lipinski definition) is 4. The second-order valence-corrected chi connectivity index (χ2v) is 7.09. The lowest BCUT2D eigenvalue weighted by Gasteiger charge is -2.21. The molecule has 0 saturated carbocycles. The van der Waals surface area contributed by atoms with E-state index in [2.05, 4.69) is 23.8 Å². The largest absolute Gasteiger partial charge is 0.339 e. The van der Waals surface area contributed by atoms with Crippen LogP contribution < -0.4 is 0 Å². The molecule has 2 unspecified atom stereocenters. The molecule has 24 heavy (non-hydrogen) atoms. The maximum absolute atomic E-state index is 12.6. The van der Waals surface area contributed by atoms with Gasteiger partial charge in [0.15, 0.2) is 0 Å². The summed E-state index contributed by atoms with van der Waals surface area (Å²) in [6.07, 6.45) is 1.92. The lowest BCUT2D eigenvalue weighted by Crippen LogP contribution is -2.34. The van der Waals surface area contributed by atoms with Gasteiger partial charge in [-0.2, -0.15) is 11.3 Å². The van der Waals surface area contributed by atoms with E-state index < -0.39 is 4.92 Å². The minimum absolute atomic E-state index is 0.0759. The molecule has 0 bridgehead atoms. The van der Waals surface area contributed by atoms with Crippen molar-refractivity contribution >= 4 is 22.9 Å². The van der Waals surface area contributed by atoms with Crippen LogP contribution in [0.15, 0.2) is 41.1 Å². The van der Waals surface area contributed by atoms with Gasteiger partial charge < -0.3 is 4.90 Å². The summed E-state index contributed by atoms with van der Waals surface area (Å²) in [5.74, 6) is 0.555. The number of nitro groups is 1. The Hall–Kier alpha value is -2.21. The van der Waals surface area contributed by atoms with E-state index in [9.17, 15) is 14.9 Å². The second-order valence-electron chi connectivity index (χ2n) is 6.31. The first-order chi connectivity index (χ1) is 11.5. The second kappa shape index (κ2) is 7.13. The predicted octanol–water partition coefficient (Wildman–Crippen LogP) is 3.99. The van der Waals surface area contributed by atoms with Crippen molar-refractivity contribution < 1.29 is 9.72 Å². The molecule has 1 fully saturated rings. The molecule has 1 aliphatic rings. The highest BCUT2D eigenvalue weighted by atomic mass is 32.1. The number of aryl methyl sites for hydroxylation is 1. The molecule has 1 aromatic heterocycles. The summed E-state index contributed by atoms with van der Waals surface area (Å²) in [5.41, 5.74) is 2.23. The molecule has 126 valence electrons. The third-order valence-electron chi connectivity index (χ3n) is 4.66. The van der Waals surface area contributed by atoms with E-state index in [0.717, 1.165) is 18.5 Å². The highest BCUT2D eigenvalue weighted by molar-refractivity contribution is 7.07. The van der Waals surface area contributed by atoms with E-state index in [-0.39, 0.29) is 17.6 Å². The van der Waals surface area contributed by atoms with Gasteiger partial charge in [0.25, 0.3) is 5.69 Å². The topological polar surface area (TPSA) is 63.5 Å². The fraction of sp³-hybridized carbons (Fsp3) is 0.389. The van der Waals surface area contributed by atoms with Crippen molar-refractivity contribution in [3.8, 4) is 0 Å². The molecule has 0 radical (unpaired) electrons. The third kappa shape index (κ3) is 3.64. The lowest BCUT2D eigenvalue weighted by molar-refractivity contribution is -0.384. The fourth-order valence-electron chi connectivity index (χ4n) is 3.35. The highest BCUT2D eigenvalue weighted by Gasteiger charge is 2.32. The molecule has 3 rings (SSSR count). The molecule has 1 aromatic carbocycles. The summed E-state index contributed by atoms with van der Waals surface area (Å²) >= 11 is 1.69. The van der Waals surface area contributed by atoms with Crippen LogP contribution in [0.1, 0.15) is 36.8 Å². The van der Waals surface area contributed by atoms with Gasteiger partial charge in [-0.1, -0.05) is 12.1 Å². The molecule has 2 atom stereocenters. The maximum atomic E-state index is 12.6. The average molecular weight is 344 g/mol. The minimum Gasteiger partial charge on any atom is -0.339 e. The molecular weight excluding hydrogens is 324 g/mol. The Morgan fingerprint density at radius 1 is 1.42 bits per heavy atom. The normalized spacial score (nSPS) is 20.3. The average Bonchev–Trinajstić information content (AvgIpc) is 3.22.